The summed E-state index contributed by atoms with van der Waals surface area (Å²) in [4.78, 5) is 12.2. The van der Waals surface area contributed by atoms with E-state index in [1.54, 1.807) is 0 Å². The highest BCUT2D eigenvalue weighted by Gasteiger charge is 2.21. The molecule has 4 nitrogen and oxygen atoms in total. The molecule has 0 aliphatic heterocycles. The van der Waals surface area contributed by atoms with Gasteiger partial charge in [0.05, 0.1) is 13.1 Å². The quantitative estimate of drug-likeness (QED) is 0.277. The first-order valence-electron chi connectivity index (χ1n) is 2.81. The van der Waals surface area contributed by atoms with Gasteiger partial charge in [-0.15, -0.1) is 17.9 Å². The molecule has 0 saturated heterocycles. The zero-order valence-electron chi connectivity index (χ0n) is 5.75. The molecule has 0 spiro atoms. The average Bonchev–Trinajstić information content (AvgIpc) is 1.96. The molecule has 1 atom stereocenters. The van der Waals surface area contributed by atoms with Gasteiger partial charge in [0, 0.05) is 10.7 Å². The third kappa shape index (κ3) is 4.78. The molecule has 0 rings (SSSR count). The van der Waals surface area contributed by atoms with Crippen molar-refractivity contribution in [2.24, 2.45) is 4.99 Å². The van der Waals surface area contributed by atoms with Gasteiger partial charge in [-0.05, 0) is 0 Å². The fraction of sp³-hybridized carbons (Fsp3) is 0.750. The van der Waals surface area contributed by atoms with Crippen LogP contribution >= 0.6 is 0 Å². The molecule has 70 valence electrons. The molecular weight excluding hydrogens is 182 g/mol. The SMILES string of the molecule is O=C=NCC(CN(F)F)N(F)F. The second kappa shape index (κ2) is 5.64. The molecule has 0 aliphatic rings. The van der Waals surface area contributed by atoms with E-state index in [4.69, 9.17) is 0 Å². The van der Waals surface area contributed by atoms with Crippen LogP contribution < -0.4 is 0 Å². The summed E-state index contributed by atoms with van der Waals surface area (Å²) in [5.41, 5.74) is 0. The van der Waals surface area contributed by atoms with Crippen molar-refractivity contribution in [3.63, 3.8) is 0 Å². The van der Waals surface area contributed by atoms with E-state index in [0.29, 0.717) is 0 Å². The summed E-state index contributed by atoms with van der Waals surface area (Å²) in [7, 11) is 0. The Morgan fingerprint density at radius 3 is 2.25 bits per heavy atom. The summed E-state index contributed by atoms with van der Waals surface area (Å²) in [6.07, 6.45) is 0.978. The standard InChI is InChI=1S/C4H5F4N3O/c5-10(6)2-4(11(7)8)1-9-3-12/h4H,1-2H2. The normalized spacial score (nSPS) is 13.2. The predicted molar refractivity (Wildman–Crippen MR) is 29.8 cm³/mol. The van der Waals surface area contributed by atoms with Crippen molar-refractivity contribution in [2.45, 2.75) is 6.04 Å². The number of isocyanates is 1. The topological polar surface area (TPSA) is 35.9 Å². The Morgan fingerprint density at radius 1 is 1.33 bits per heavy atom. The molecule has 0 amide bonds. The average molecular weight is 187 g/mol. The summed E-state index contributed by atoms with van der Waals surface area (Å²) in [6, 6.07) is -1.79. The summed E-state index contributed by atoms with van der Waals surface area (Å²) >= 11 is 0. The van der Waals surface area contributed by atoms with Crippen LogP contribution in [0.25, 0.3) is 0 Å². The Labute approximate surface area is 64.8 Å². The molecule has 0 aromatic rings. The molecule has 12 heavy (non-hydrogen) atoms. The fourth-order valence-corrected chi connectivity index (χ4v) is 0.483. The first-order valence-corrected chi connectivity index (χ1v) is 2.81. The van der Waals surface area contributed by atoms with E-state index in [0.717, 1.165) is 6.08 Å². The van der Waals surface area contributed by atoms with Gasteiger partial charge in [-0.2, -0.15) is 0 Å². The van der Waals surface area contributed by atoms with Crippen molar-refractivity contribution in [1.82, 2.24) is 10.7 Å². The highest BCUT2D eigenvalue weighted by molar-refractivity contribution is 5.32. The van der Waals surface area contributed by atoms with Gasteiger partial charge in [0.2, 0.25) is 6.08 Å². The van der Waals surface area contributed by atoms with Gasteiger partial charge in [-0.25, -0.2) is 9.79 Å². The van der Waals surface area contributed by atoms with E-state index in [1.807, 2.05) is 0 Å². The van der Waals surface area contributed by atoms with Gasteiger partial charge >= 0.3 is 0 Å². The highest BCUT2D eigenvalue weighted by Crippen LogP contribution is 2.05. The monoisotopic (exact) mass is 187 g/mol. The summed E-state index contributed by atoms with van der Waals surface area (Å²) in [5, 5.41) is -2.83. The number of aliphatic imine (C=N–C) groups is 1. The van der Waals surface area contributed by atoms with E-state index in [9.17, 15) is 22.7 Å². The Hall–Kier alpha value is -0.980. The van der Waals surface area contributed by atoms with Gasteiger partial charge in [-0.3, -0.25) is 0 Å². The second-order valence-corrected chi connectivity index (χ2v) is 1.83. The molecular formula is C4H5F4N3O. The van der Waals surface area contributed by atoms with E-state index in [-0.39, 0.29) is 0 Å². The zero-order chi connectivity index (χ0) is 9.56. The van der Waals surface area contributed by atoms with Crippen LogP contribution in [0.1, 0.15) is 0 Å². The lowest BCUT2D eigenvalue weighted by Gasteiger charge is -2.12. The van der Waals surface area contributed by atoms with Crippen LogP contribution in [0.4, 0.5) is 17.9 Å². The molecule has 0 saturated carbocycles. The number of carbonyl (C=O) groups excluding carboxylic acids is 1. The number of nitrogens with zero attached hydrogens (tertiary/aromatic N) is 3. The summed E-state index contributed by atoms with van der Waals surface area (Å²) in [6.45, 7) is -1.89. The molecule has 0 bridgehead atoms. The molecule has 0 aromatic heterocycles. The molecule has 0 fully saturated rings. The molecule has 8 heteroatoms. The Kier molecular flexibility index (Phi) is 5.18. The number of hydrogen-bond acceptors (Lipinski definition) is 4. The lowest BCUT2D eigenvalue weighted by molar-refractivity contribution is -0.227. The summed E-state index contributed by atoms with van der Waals surface area (Å²) in [5.74, 6) is 0. The van der Waals surface area contributed by atoms with Crippen LogP contribution in [0.5, 0.6) is 0 Å². The number of hydrogen-bond donors (Lipinski definition) is 0. The van der Waals surface area contributed by atoms with Gasteiger partial charge in [0.1, 0.15) is 6.04 Å². The largest absolute Gasteiger partial charge is 0.234 e. The van der Waals surface area contributed by atoms with Crippen LogP contribution in [-0.4, -0.2) is 35.9 Å². The van der Waals surface area contributed by atoms with E-state index < -0.39 is 29.8 Å². The molecule has 0 aromatic carbocycles. The van der Waals surface area contributed by atoms with Crippen molar-refractivity contribution in [2.75, 3.05) is 13.1 Å². The molecule has 1 unspecified atom stereocenters. The summed E-state index contributed by atoms with van der Waals surface area (Å²) < 4.78 is 46.1. The zero-order valence-corrected chi connectivity index (χ0v) is 5.75. The van der Waals surface area contributed by atoms with Crippen LogP contribution in [0.3, 0.4) is 0 Å². The van der Waals surface area contributed by atoms with Crippen LogP contribution in [0.2, 0.25) is 0 Å². The minimum atomic E-state index is -1.79. The fourth-order valence-electron chi connectivity index (χ4n) is 0.483. The Morgan fingerprint density at radius 2 is 1.92 bits per heavy atom. The second-order valence-electron chi connectivity index (χ2n) is 1.83. The van der Waals surface area contributed by atoms with Crippen molar-refractivity contribution in [3.05, 3.63) is 0 Å². The van der Waals surface area contributed by atoms with E-state index in [2.05, 4.69) is 4.99 Å². The first-order chi connectivity index (χ1) is 5.57. The van der Waals surface area contributed by atoms with Crippen molar-refractivity contribution in [1.29, 1.82) is 0 Å². The van der Waals surface area contributed by atoms with Gasteiger partial charge < -0.3 is 0 Å². The number of rotatable bonds is 5. The Bertz CT molecular complexity index is 170. The van der Waals surface area contributed by atoms with Gasteiger partial charge in [0.15, 0.2) is 0 Å². The van der Waals surface area contributed by atoms with Crippen molar-refractivity contribution in [3.8, 4) is 0 Å². The van der Waals surface area contributed by atoms with Crippen molar-refractivity contribution >= 4 is 6.08 Å². The third-order valence-electron chi connectivity index (χ3n) is 0.991. The molecule has 0 N–H and O–H groups in total. The van der Waals surface area contributed by atoms with Crippen LogP contribution in [0.15, 0.2) is 4.99 Å². The molecule has 0 aliphatic carbocycles. The lowest BCUT2D eigenvalue weighted by Crippen LogP contribution is -2.33. The lowest BCUT2D eigenvalue weighted by atomic mass is 10.3. The predicted octanol–water partition coefficient (Wildman–Crippen LogP) is 0.833. The van der Waals surface area contributed by atoms with Crippen LogP contribution in [0, 0.1) is 0 Å². The smallest absolute Gasteiger partial charge is 0.211 e. The minimum Gasteiger partial charge on any atom is -0.211 e. The first kappa shape index (κ1) is 11.0. The van der Waals surface area contributed by atoms with E-state index >= 15 is 0 Å². The van der Waals surface area contributed by atoms with Gasteiger partial charge in [0.25, 0.3) is 0 Å². The number of halogens is 4. The molecule has 0 radical (unpaired) electrons. The maximum absolute atomic E-state index is 11.7. The van der Waals surface area contributed by atoms with E-state index in [1.165, 1.54) is 0 Å². The van der Waals surface area contributed by atoms with Crippen molar-refractivity contribution < 1.29 is 22.7 Å². The third-order valence-corrected chi connectivity index (χ3v) is 0.991. The van der Waals surface area contributed by atoms with Crippen LogP contribution in [-0.2, 0) is 4.79 Å². The maximum atomic E-state index is 11.7. The Balaban J connectivity index is 3.94. The van der Waals surface area contributed by atoms with Gasteiger partial charge in [-0.1, -0.05) is 0 Å². The molecule has 0 heterocycles. The maximum Gasteiger partial charge on any atom is 0.234 e. The minimum absolute atomic E-state index is 0.708. The highest BCUT2D eigenvalue weighted by atomic mass is 19.4.